The van der Waals surface area contributed by atoms with Crippen LogP contribution in [0.5, 0.6) is 0 Å². The molecule has 0 radical (unpaired) electrons. The number of likely N-dealkylation sites (N-methyl/N-ethyl adjacent to an activating group) is 1. The molecule has 0 aliphatic heterocycles. The highest BCUT2D eigenvalue weighted by Crippen LogP contribution is 2.07. The van der Waals surface area contributed by atoms with Gasteiger partial charge in [0.15, 0.2) is 0 Å². The number of carbonyl (C=O) groups is 1. The predicted octanol–water partition coefficient (Wildman–Crippen LogP) is 0.933. The van der Waals surface area contributed by atoms with E-state index in [1.165, 1.54) is 0 Å². The first-order valence-corrected chi connectivity index (χ1v) is 6.30. The van der Waals surface area contributed by atoms with E-state index in [0.29, 0.717) is 24.0 Å². The fraction of sp³-hybridized carbons (Fsp3) is 0.615. The quantitative estimate of drug-likeness (QED) is 0.737. The van der Waals surface area contributed by atoms with Crippen LogP contribution in [0.1, 0.15) is 35.9 Å². The Morgan fingerprint density at radius 1 is 1.33 bits per heavy atom. The molecule has 0 fully saturated rings. The summed E-state index contributed by atoms with van der Waals surface area (Å²) in [4.78, 5) is 20.4. The Morgan fingerprint density at radius 2 is 2.06 bits per heavy atom. The van der Waals surface area contributed by atoms with Crippen molar-refractivity contribution in [2.24, 2.45) is 5.92 Å². The highest BCUT2D eigenvalue weighted by atomic mass is 16.1. The minimum atomic E-state index is -0.138. The molecule has 0 bridgehead atoms. The van der Waals surface area contributed by atoms with E-state index in [1.54, 1.807) is 6.07 Å². The number of carbonyl (C=O) groups excluding carboxylic acids is 1. The van der Waals surface area contributed by atoms with Crippen molar-refractivity contribution in [1.82, 2.24) is 20.6 Å². The Hall–Kier alpha value is -1.49. The van der Waals surface area contributed by atoms with Crippen LogP contribution in [0.15, 0.2) is 6.07 Å². The summed E-state index contributed by atoms with van der Waals surface area (Å²) in [7, 11) is 1.85. The van der Waals surface area contributed by atoms with Gasteiger partial charge in [-0.3, -0.25) is 4.79 Å². The monoisotopic (exact) mass is 250 g/mol. The zero-order chi connectivity index (χ0) is 13.5. The fourth-order valence-electron chi connectivity index (χ4n) is 1.66. The van der Waals surface area contributed by atoms with Crippen LogP contribution < -0.4 is 10.6 Å². The highest BCUT2D eigenvalue weighted by Gasteiger charge is 2.10. The second-order valence-corrected chi connectivity index (χ2v) is 4.75. The van der Waals surface area contributed by atoms with Crippen molar-refractivity contribution >= 4 is 5.91 Å². The van der Waals surface area contributed by atoms with Crippen LogP contribution in [0.4, 0.5) is 0 Å². The SMILES string of the molecule is CNCCNC(=O)c1cc(CC(C)C)nc(C)n1. The molecule has 0 aliphatic rings. The molecule has 2 N–H and O–H groups in total. The minimum absolute atomic E-state index is 0.138. The largest absolute Gasteiger partial charge is 0.349 e. The zero-order valence-corrected chi connectivity index (χ0v) is 11.6. The topological polar surface area (TPSA) is 66.9 Å². The van der Waals surface area contributed by atoms with Gasteiger partial charge in [0, 0.05) is 18.8 Å². The Morgan fingerprint density at radius 3 is 2.67 bits per heavy atom. The average molecular weight is 250 g/mol. The molecule has 0 unspecified atom stereocenters. The van der Waals surface area contributed by atoms with Crippen molar-refractivity contribution in [2.45, 2.75) is 27.2 Å². The van der Waals surface area contributed by atoms with Crippen molar-refractivity contribution in [3.63, 3.8) is 0 Å². The van der Waals surface area contributed by atoms with Gasteiger partial charge in [-0.25, -0.2) is 9.97 Å². The number of nitrogens with one attached hydrogen (secondary N) is 2. The molecule has 0 aromatic carbocycles. The fourth-order valence-corrected chi connectivity index (χ4v) is 1.66. The van der Waals surface area contributed by atoms with Crippen LogP contribution in [-0.2, 0) is 6.42 Å². The normalized spacial score (nSPS) is 10.7. The first-order chi connectivity index (χ1) is 8.52. The number of aromatic nitrogens is 2. The van der Waals surface area contributed by atoms with E-state index in [2.05, 4.69) is 34.4 Å². The first-order valence-electron chi connectivity index (χ1n) is 6.30. The molecular weight excluding hydrogens is 228 g/mol. The summed E-state index contributed by atoms with van der Waals surface area (Å²) in [6, 6.07) is 1.78. The smallest absolute Gasteiger partial charge is 0.270 e. The number of aryl methyl sites for hydroxylation is 1. The Balaban J connectivity index is 2.75. The summed E-state index contributed by atoms with van der Waals surface area (Å²) in [5.74, 6) is 1.02. The number of rotatable bonds is 6. The van der Waals surface area contributed by atoms with Gasteiger partial charge < -0.3 is 10.6 Å². The minimum Gasteiger partial charge on any atom is -0.349 e. The van der Waals surface area contributed by atoms with Gasteiger partial charge in [0.2, 0.25) is 0 Å². The maximum Gasteiger partial charge on any atom is 0.270 e. The van der Waals surface area contributed by atoms with Crippen molar-refractivity contribution in [3.05, 3.63) is 23.3 Å². The maximum absolute atomic E-state index is 11.9. The molecule has 1 amide bonds. The summed E-state index contributed by atoms with van der Waals surface area (Å²) in [5.41, 5.74) is 1.38. The summed E-state index contributed by atoms with van der Waals surface area (Å²) in [5, 5.41) is 5.79. The van der Waals surface area contributed by atoms with Gasteiger partial charge in [-0.2, -0.15) is 0 Å². The van der Waals surface area contributed by atoms with Gasteiger partial charge in [0.1, 0.15) is 11.5 Å². The van der Waals surface area contributed by atoms with Crippen LogP contribution in [0.2, 0.25) is 0 Å². The summed E-state index contributed by atoms with van der Waals surface area (Å²) >= 11 is 0. The lowest BCUT2D eigenvalue weighted by atomic mass is 10.1. The van der Waals surface area contributed by atoms with Crippen LogP contribution in [0, 0.1) is 12.8 Å². The maximum atomic E-state index is 11.9. The molecule has 1 aromatic rings. The summed E-state index contributed by atoms with van der Waals surface area (Å²) in [6.07, 6.45) is 0.861. The molecule has 0 saturated heterocycles. The van der Waals surface area contributed by atoms with Gasteiger partial charge in [0.25, 0.3) is 5.91 Å². The summed E-state index contributed by atoms with van der Waals surface area (Å²) < 4.78 is 0. The molecule has 0 aliphatic carbocycles. The standard InChI is InChI=1S/C13H22N4O/c1-9(2)7-11-8-12(17-10(3)16-11)13(18)15-6-5-14-4/h8-9,14H,5-7H2,1-4H3,(H,15,18). The number of hydrogen-bond acceptors (Lipinski definition) is 4. The van der Waals surface area contributed by atoms with Gasteiger partial charge in [-0.05, 0) is 32.4 Å². The lowest BCUT2D eigenvalue weighted by Gasteiger charge is -2.08. The average Bonchev–Trinajstić information content (AvgIpc) is 2.27. The van der Waals surface area contributed by atoms with Gasteiger partial charge >= 0.3 is 0 Å². The predicted molar refractivity (Wildman–Crippen MR) is 71.6 cm³/mol. The Bertz CT molecular complexity index is 404. The third-order valence-corrected chi connectivity index (χ3v) is 2.40. The highest BCUT2D eigenvalue weighted by molar-refractivity contribution is 5.92. The van der Waals surface area contributed by atoms with Crippen molar-refractivity contribution in [1.29, 1.82) is 0 Å². The van der Waals surface area contributed by atoms with Crippen LogP contribution in [0.25, 0.3) is 0 Å². The van der Waals surface area contributed by atoms with Crippen molar-refractivity contribution in [3.8, 4) is 0 Å². The molecule has 18 heavy (non-hydrogen) atoms. The molecule has 1 aromatic heterocycles. The molecule has 0 spiro atoms. The Labute approximate surface area is 108 Å². The molecule has 5 heteroatoms. The lowest BCUT2D eigenvalue weighted by molar-refractivity contribution is 0.0948. The van der Waals surface area contributed by atoms with Crippen LogP contribution in [-0.4, -0.2) is 36.0 Å². The van der Waals surface area contributed by atoms with E-state index in [9.17, 15) is 4.79 Å². The molecule has 5 nitrogen and oxygen atoms in total. The van der Waals surface area contributed by atoms with E-state index >= 15 is 0 Å². The number of amides is 1. The van der Waals surface area contributed by atoms with E-state index in [4.69, 9.17) is 0 Å². The summed E-state index contributed by atoms with van der Waals surface area (Å²) in [6.45, 7) is 7.41. The van der Waals surface area contributed by atoms with Gasteiger partial charge in [-0.1, -0.05) is 13.8 Å². The van der Waals surface area contributed by atoms with Crippen LogP contribution >= 0.6 is 0 Å². The third kappa shape index (κ3) is 4.79. The number of nitrogens with zero attached hydrogens (tertiary/aromatic N) is 2. The van der Waals surface area contributed by atoms with E-state index in [-0.39, 0.29) is 5.91 Å². The second-order valence-electron chi connectivity index (χ2n) is 4.75. The molecule has 1 rings (SSSR count). The molecule has 100 valence electrons. The molecule has 0 saturated carbocycles. The molecule has 1 heterocycles. The van der Waals surface area contributed by atoms with Gasteiger partial charge in [-0.15, -0.1) is 0 Å². The molecular formula is C13H22N4O. The van der Waals surface area contributed by atoms with Crippen molar-refractivity contribution in [2.75, 3.05) is 20.1 Å². The van der Waals surface area contributed by atoms with Crippen molar-refractivity contribution < 1.29 is 4.79 Å². The van der Waals surface area contributed by atoms with E-state index in [0.717, 1.165) is 18.7 Å². The first kappa shape index (κ1) is 14.6. The van der Waals surface area contributed by atoms with E-state index < -0.39 is 0 Å². The third-order valence-electron chi connectivity index (χ3n) is 2.40. The lowest BCUT2D eigenvalue weighted by Crippen LogP contribution is -2.31. The van der Waals surface area contributed by atoms with Crippen LogP contribution in [0.3, 0.4) is 0 Å². The van der Waals surface area contributed by atoms with E-state index in [1.807, 2.05) is 14.0 Å². The Kier molecular flexibility index (Phi) is 5.71. The second kappa shape index (κ2) is 7.06. The van der Waals surface area contributed by atoms with Gasteiger partial charge in [0.05, 0.1) is 0 Å². The number of hydrogen-bond donors (Lipinski definition) is 2. The zero-order valence-electron chi connectivity index (χ0n) is 11.6. The molecule has 0 atom stereocenters.